The van der Waals surface area contributed by atoms with E-state index in [1.807, 2.05) is 0 Å². The zero-order valence-electron chi connectivity index (χ0n) is 9.26. The minimum Gasteiger partial charge on any atom is -0.349 e. The van der Waals surface area contributed by atoms with Gasteiger partial charge in [-0.05, 0) is 0 Å². The van der Waals surface area contributed by atoms with Crippen molar-refractivity contribution in [1.29, 1.82) is 0 Å². The van der Waals surface area contributed by atoms with Crippen LogP contribution < -0.4 is 0 Å². The van der Waals surface area contributed by atoms with Crippen LogP contribution in [-0.2, 0) is 19.3 Å². The Labute approximate surface area is 89.3 Å². The second-order valence-corrected chi connectivity index (χ2v) is 3.74. The number of amides is 2. The van der Waals surface area contributed by atoms with Gasteiger partial charge in [0.15, 0.2) is 6.10 Å². The quantitative estimate of drug-likeness (QED) is 0.431. The number of hydrogen-bond acceptors (Lipinski definition) is 4. The van der Waals surface area contributed by atoms with Crippen molar-refractivity contribution in [3.8, 4) is 0 Å². The molecule has 2 amide bonds. The maximum Gasteiger partial charge on any atom is 0.360 e. The third kappa shape index (κ3) is 2.48. The van der Waals surface area contributed by atoms with E-state index in [9.17, 15) is 9.59 Å². The van der Waals surface area contributed by atoms with Gasteiger partial charge in [-0.15, -0.1) is 0 Å². The summed E-state index contributed by atoms with van der Waals surface area (Å²) < 4.78 is 0. The van der Waals surface area contributed by atoms with Gasteiger partial charge in [0, 0.05) is 28.2 Å². The molecule has 0 aromatic heterocycles. The average molecular weight is 213 g/mol. The van der Waals surface area contributed by atoms with Gasteiger partial charge in [-0.25, -0.2) is 4.89 Å². The molecule has 0 aromatic carbocycles. The summed E-state index contributed by atoms with van der Waals surface area (Å²) >= 11 is 0. The SMILES string of the molecule is CN(C)C(=O)C1[B]OOC1C(=O)N(C)C. The third-order valence-corrected chi connectivity index (χ3v) is 2.10. The van der Waals surface area contributed by atoms with Crippen molar-refractivity contribution < 1.29 is 19.3 Å². The molecule has 0 bridgehead atoms. The Morgan fingerprint density at radius 2 is 1.60 bits per heavy atom. The molecule has 1 aliphatic heterocycles. The van der Waals surface area contributed by atoms with Crippen LogP contribution in [-0.4, -0.2) is 63.4 Å². The minimum atomic E-state index is -0.880. The first-order valence-corrected chi connectivity index (χ1v) is 4.53. The fourth-order valence-electron chi connectivity index (χ4n) is 1.22. The van der Waals surface area contributed by atoms with E-state index in [0.717, 1.165) is 0 Å². The standard InChI is InChI=1S/C8H14BN2O4/c1-10(2)7(12)5-6(14-15-9-5)8(13)11(3)4/h5-6H,1-4H3. The van der Waals surface area contributed by atoms with E-state index in [-0.39, 0.29) is 11.8 Å². The molecule has 0 N–H and O–H groups in total. The number of carbonyl (C=O) groups is 2. The lowest BCUT2D eigenvalue weighted by atomic mass is 9.76. The van der Waals surface area contributed by atoms with Crippen molar-refractivity contribution in [2.75, 3.05) is 28.2 Å². The van der Waals surface area contributed by atoms with Crippen molar-refractivity contribution in [3.63, 3.8) is 0 Å². The summed E-state index contributed by atoms with van der Waals surface area (Å²) in [6.45, 7) is 0. The molecule has 0 aromatic rings. The van der Waals surface area contributed by atoms with Crippen molar-refractivity contribution >= 4 is 19.3 Å². The molecule has 0 spiro atoms. The van der Waals surface area contributed by atoms with E-state index < -0.39 is 11.9 Å². The second kappa shape index (κ2) is 4.63. The fraction of sp³-hybridized carbons (Fsp3) is 0.750. The molecule has 1 saturated heterocycles. The average Bonchev–Trinajstić information content (AvgIpc) is 2.63. The highest BCUT2D eigenvalue weighted by Gasteiger charge is 2.43. The van der Waals surface area contributed by atoms with E-state index in [2.05, 4.69) is 4.81 Å². The third-order valence-electron chi connectivity index (χ3n) is 2.10. The molecule has 1 fully saturated rings. The van der Waals surface area contributed by atoms with Gasteiger partial charge in [0.25, 0.3) is 5.91 Å². The summed E-state index contributed by atoms with van der Waals surface area (Å²) in [4.78, 5) is 35.4. The van der Waals surface area contributed by atoms with Gasteiger partial charge in [0.05, 0.1) is 5.82 Å². The Balaban J connectivity index is 2.73. The number of likely N-dealkylation sites (N-methyl/N-ethyl adjacent to an activating group) is 1. The number of carbonyl (C=O) groups excluding carboxylic acids is 2. The Bertz CT molecular complexity index is 243. The predicted molar refractivity (Wildman–Crippen MR) is 52.9 cm³/mol. The highest BCUT2D eigenvalue weighted by atomic mass is 17.2. The van der Waals surface area contributed by atoms with Crippen molar-refractivity contribution in [3.05, 3.63) is 0 Å². The van der Waals surface area contributed by atoms with E-state index in [0.29, 0.717) is 0 Å². The minimum absolute atomic E-state index is 0.215. The van der Waals surface area contributed by atoms with Crippen molar-refractivity contribution in [2.45, 2.75) is 11.9 Å². The molecule has 83 valence electrons. The topological polar surface area (TPSA) is 59.1 Å². The predicted octanol–water partition coefficient (Wildman–Crippen LogP) is -1.10. The molecule has 0 aliphatic carbocycles. The summed E-state index contributed by atoms with van der Waals surface area (Å²) in [6, 6.07) is 0. The first-order chi connectivity index (χ1) is 6.95. The number of rotatable bonds is 2. The normalized spacial score (nSPS) is 24.5. The largest absolute Gasteiger partial charge is 0.360 e. The highest BCUT2D eigenvalue weighted by Crippen LogP contribution is 2.24. The first kappa shape index (κ1) is 12.0. The van der Waals surface area contributed by atoms with E-state index in [1.165, 1.54) is 17.3 Å². The molecule has 1 aliphatic rings. The molecule has 2 unspecified atom stereocenters. The molecule has 1 radical (unpaired) electrons. The molecule has 6 nitrogen and oxygen atoms in total. The maximum absolute atomic E-state index is 11.6. The van der Waals surface area contributed by atoms with Gasteiger partial charge in [0.1, 0.15) is 0 Å². The van der Waals surface area contributed by atoms with Crippen molar-refractivity contribution in [2.24, 2.45) is 0 Å². The summed E-state index contributed by atoms with van der Waals surface area (Å²) in [6.07, 6.45) is -0.880. The van der Waals surface area contributed by atoms with Crippen LogP contribution in [0.3, 0.4) is 0 Å². The van der Waals surface area contributed by atoms with Crippen LogP contribution in [0.1, 0.15) is 0 Å². The van der Waals surface area contributed by atoms with E-state index >= 15 is 0 Å². The lowest BCUT2D eigenvalue weighted by Gasteiger charge is -2.21. The van der Waals surface area contributed by atoms with E-state index in [4.69, 9.17) is 4.89 Å². The summed E-state index contributed by atoms with van der Waals surface area (Å²) in [5.41, 5.74) is 0. The van der Waals surface area contributed by atoms with Gasteiger partial charge in [0.2, 0.25) is 5.91 Å². The number of hydrogen-bond donors (Lipinski definition) is 0. The molecule has 7 heteroatoms. The van der Waals surface area contributed by atoms with Gasteiger partial charge >= 0.3 is 7.48 Å². The summed E-state index contributed by atoms with van der Waals surface area (Å²) in [5.74, 6) is -1.17. The van der Waals surface area contributed by atoms with Crippen LogP contribution in [0.15, 0.2) is 0 Å². The van der Waals surface area contributed by atoms with Crippen LogP contribution in [0.5, 0.6) is 0 Å². The lowest BCUT2D eigenvalue weighted by molar-refractivity contribution is -0.223. The van der Waals surface area contributed by atoms with Crippen LogP contribution in [0.4, 0.5) is 0 Å². The van der Waals surface area contributed by atoms with Crippen LogP contribution in [0.25, 0.3) is 0 Å². The van der Waals surface area contributed by atoms with Gasteiger partial charge in [-0.2, -0.15) is 0 Å². The maximum atomic E-state index is 11.6. The Morgan fingerprint density at radius 1 is 1.07 bits per heavy atom. The highest BCUT2D eigenvalue weighted by molar-refractivity contribution is 6.39. The zero-order valence-corrected chi connectivity index (χ0v) is 9.26. The Kier molecular flexibility index (Phi) is 3.70. The van der Waals surface area contributed by atoms with Crippen LogP contribution in [0.2, 0.25) is 5.82 Å². The Hall–Kier alpha value is -1.08. The fourth-order valence-corrected chi connectivity index (χ4v) is 1.22. The molecule has 1 rings (SSSR count). The van der Waals surface area contributed by atoms with Gasteiger partial charge in [-0.1, -0.05) is 0 Å². The molecule has 2 atom stereocenters. The van der Waals surface area contributed by atoms with Crippen LogP contribution in [0, 0.1) is 0 Å². The van der Waals surface area contributed by atoms with E-state index in [1.54, 1.807) is 28.2 Å². The molecular weight excluding hydrogens is 199 g/mol. The first-order valence-electron chi connectivity index (χ1n) is 4.53. The molecular formula is C8H14BN2O4. The number of nitrogens with zero attached hydrogens (tertiary/aromatic N) is 2. The summed E-state index contributed by atoms with van der Waals surface area (Å²) in [7, 11) is 7.67. The molecule has 15 heavy (non-hydrogen) atoms. The zero-order chi connectivity index (χ0) is 11.6. The molecule has 0 saturated carbocycles. The van der Waals surface area contributed by atoms with Crippen molar-refractivity contribution in [1.82, 2.24) is 9.80 Å². The second-order valence-electron chi connectivity index (χ2n) is 3.74. The smallest absolute Gasteiger partial charge is 0.349 e. The molecule has 1 heterocycles. The monoisotopic (exact) mass is 213 g/mol. The Morgan fingerprint density at radius 3 is 2.07 bits per heavy atom. The summed E-state index contributed by atoms with van der Waals surface area (Å²) in [5, 5.41) is 0. The van der Waals surface area contributed by atoms with Crippen LogP contribution >= 0.6 is 0 Å². The lowest BCUT2D eigenvalue weighted by Crippen LogP contribution is -2.41. The van der Waals surface area contributed by atoms with Gasteiger partial charge < -0.3 is 14.6 Å². The van der Waals surface area contributed by atoms with Gasteiger partial charge in [-0.3, -0.25) is 9.59 Å².